The molecule has 0 unspecified atom stereocenters. The van der Waals surface area contributed by atoms with E-state index in [0.717, 1.165) is 49.9 Å². The molecule has 2 aliphatic rings. The molecule has 2 aliphatic carbocycles. The van der Waals surface area contributed by atoms with E-state index in [-0.39, 0.29) is 21.7 Å². The van der Waals surface area contributed by atoms with Gasteiger partial charge in [0.1, 0.15) is 0 Å². The predicted molar refractivity (Wildman–Crippen MR) is 166 cm³/mol. The van der Waals surface area contributed by atoms with Crippen LogP contribution >= 0.6 is 0 Å². The molecule has 7 heteroatoms. The van der Waals surface area contributed by atoms with Gasteiger partial charge < -0.3 is 9.13 Å². The largest absolute Gasteiger partial charge is 4.00 e. The number of rotatable bonds is 2. The van der Waals surface area contributed by atoms with Crippen molar-refractivity contribution in [2.75, 3.05) is 0 Å². The van der Waals surface area contributed by atoms with Crippen LogP contribution in [0.2, 0.25) is 0 Å². The Kier molecular flexibility index (Phi) is 12.8. The fourth-order valence-electron chi connectivity index (χ4n) is 5.58. The Morgan fingerprint density at radius 3 is 1.22 bits per heavy atom. The van der Waals surface area contributed by atoms with Gasteiger partial charge in [0, 0.05) is 34.7 Å². The van der Waals surface area contributed by atoms with E-state index in [1.807, 2.05) is 94.3 Å². The van der Waals surface area contributed by atoms with Gasteiger partial charge in [-0.25, -0.2) is 41.8 Å². The standard InChI is InChI=1S/2C14H12F2N.2C5H5.Ti/c2*15-11-5-6-14(12(16)9-11)17-8-7-10-3-1-2-4-13(10)17;2*1-2-4-5-3-1;/h2*5-8H,1-4H2;2*1-5H;/q4*-1;+4. The van der Waals surface area contributed by atoms with Gasteiger partial charge in [0.2, 0.25) is 0 Å². The first kappa shape index (κ1) is 34.0. The first-order valence-electron chi connectivity index (χ1n) is 15.0. The first-order chi connectivity index (χ1) is 21.5. The van der Waals surface area contributed by atoms with Crippen molar-refractivity contribution in [2.45, 2.75) is 51.4 Å². The summed E-state index contributed by atoms with van der Waals surface area (Å²) in [6, 6.07) is 33.6. The Morgan fingerprint density at radius 2 is 0.889 bits per heavy atom. The second kappa shape index (κ2) is 17.0. The van der Waals surface area contributed by atoms with Crippen LogP contribution < -0.4 is 0 Å². The topological polar surface area (TPSA) is 9.86 Å². The normalized spacial score (nSPS) is 12.9. The minimum absolute atomic E-state index is 0. The molecular formula is C38H34F4N2Ti. The van der Waals surface area contributed by atoms with Gasteiger partial charge >= 0.3 is 21.7 Å². The van der Waals surface area contributed by atoms with E-state index in [4.69, 9.17) is 0 Å². The van der Waals surface area contributed by atoms with Crippen molar-refractivity contribution >= 4 is 0 Å². The van der Waals surface area contributed by atoms with Crippen LogP contribution in [-0.2, 0) is 47.4 Å². The molecule has 0 aliphatic heterocycles. The molecule has 0 N–H and O–H groups in total. The van der Waals surface area contributed by atoms with Crippen molar-refractivity contribution in [1.29, 1.82) is 0 Å². The number of fused-ring (bicyclic) bond motifs is 2. The minimum atomic E-state index is -0.660. The van der Waals surface area contributed by atoms with E-state index in [1.54, 1.807) is 0 Å². The Hall–Kier alpha value is -3.87. The second-order valence-corrected chi connectivity index (χ2v) is 10.7. The van der Waals surface area contributed by atoms with E-state index in [0.29, 0.717) is 11.4 Å². The average Bonchev–Trinajstić information content (AvgIpc) is 3.87. The summed E-state index contributed by atoms with van der Waals surface area (Å²) in [6.45, 7) is 0. The number of aryl methyl sites for hydroxylation is 2. The molecular weight excluding hydrogens is 608 g/mol. The minimum Gasteiger partial charge on any atom is -0.372 e. The third kappa shape index (κ3) is 9.09. The van der Waals surface area contributed by atoms with Crippen LogP contribution in [0, 0.1) is 35.4 Å². The van der Waals surface area contributed by atoms with Gasteiger partial charge in [0.05, 0.1) is 0 Å². The number of halogens is 4. The van der Waals surface area contributed by atoms with Crippen LogP contribution in [0.5, 0.6) is 0 Å². The van der Waals surface area contributed by atoms with Gasteiger partial charge in [0.15, 0.2) is 0 Å². The van der Waals surface area contributed by atoms with Crippen molar-refractivity contribution in [2.24, 2.45) is 0 Å². The van der Waals surface area contributed by atoms with E-state index in [9.17, 15) is 17.6 Å². The summed E-state index contributed by atoms with van der Waals surface area (Å²) in [5.74, 6) is -2.58. The second-order valence-electron chi connectivity index (χ2n) is 10.7. The van der Waals surface area contributed by atoms with Gasteiger partial charge in [0.25, 0.3) is 0 Å². The zero-order valence-electron chi connectivity index (χ0n) is 25.0. The van der Waals surface area contributed by atoms with Crippen LogP contribution in [0.4, 0.5) is 17.6 Å². The molecule has 0 saturated heterocycles. The Labute approximate surface area is 277 Å². The Balaban J connectivity index is 0.000000154. The van der Waals surface area contributed by atoms with Crippen molar-refractivity contribution in [1.82, 2.24) is 9.13 Å². The SMILES string of the molecule is Fc1[c-]c(F)c(-n2ccc3c2CCCC3)cc1.Fc1[c-]c(F)c(-n2ccc3c2CCCC3)cc1.[Ti+4].c1cc[cH-]c1.c1cc[cH-]c1. The number of nitrogens with zero attached hydrogens (tertiary/aromatic N) is 2. The van der Waals surface area contributed by atoms with Crippen LogP contribution in [0.3, 0.4) is 0 Å². The number of aromatic nitrogens is 2. The smallest absolute Gasteiger partial charge is 0.372 e. The first-order valence-corrected chi connectivity index (χ1v) is 15.0. The van der Waals surface area contributed by atoms with E-state index >= 15 is 0 Å². The third-order valence-corrected chi connectivity index (χ3v) is 7.71. The van der Waals surface area contributed by atoms with Gasteiger partial charge in [-0.2, -0.15) is 36.4 Å². The summed E-state index contributed by atoms with van der Waals surface area (Å²) >= 11 is 0. The molecule has 6 aromatic rings. The molecule has 0 saturated carbocycles. The molecule has 0 amide bonds. The van der Waals surface area contributed by atoms with Crippen molar-refractivity contribution < 1.29 is 39.3 Å². The van der Waals surface area contributed by atoms with Gasteiger partial charge in [-0.15, -0.1) is 36.4 Å². The summed E-state index contributed by atoms with van der Waals surface area (Å²) in [6.07, 6.45) is 12.4. The molecule has 0 radical (unpaired) electrons. The zero-order chi connectivity index (χ0) is 30.7. The van der Waals surface area contributed by atoms with Crippen LogP contribution in [0.1, 0.15) is 48.2 Å². The molecule has 45 heavy (non-hydrogen) atoms. The molecule has 2 nitrogen and oxygen atoms in total. The maximum Gasteiger partial charge on any atom is 4.00 e. The molecule has 4 aromatic carbocycles. The van der Waals surface area contributed by atoms with Gasteiger partial charge in [-0.05, 0) is 98.4 Å². The van der Waals surface area contributed by atoms with E-state index in [1.165, 1.54) is 48.2 Å². The summed E-state index contributed by atoms with van der Waals surface area (Å²) < 4.78 is 56.6. The van der Waals surface area contributed by atoms with Crippen molar-refractivity contribution in [3.63, 3.8) is 0 Å². The number of hydrogen-bond donors (Lipinski definition) is 0. The van der Waals surface area contributed by atoms with Crippen molar-refractivity contribution in [3.8, 4) is 11.4 Å². The molecule has 2 heterocycles. The van der Waals surface area contributed by atoms with E-state index in [2.05, 4.69) is 12.1 Å². The molecule has 0 fully saturated rings. The van der Waals surface area contributed by atoms with E-state index < -0.39 is 23.3 Å². The molecule has 0 bridgehead atoms. The summed E-state index contributed by atoms with van der Waals surface area (Å²) in [7, 11) is 0. The van der Waals surface area contributed by atoms with Crippen LogP contribution in [-0.4, -0.2) is 9.13 Å². The molecule has 228 valence electrons. The number of benzene rings is 2. The monoisotopic (exact) mass is 642 g/mol. The van der Waals surface area contributed by atoms with Crippen LogP contribution in [0.15, 0.2) is 109 Å². The van der Waals surface area contributed by atoms with Crippen molar-refractivity contribution in [3.05, 3.63) is 167 Å². The fraction of sp³-hybridized carbons (Fsp3) is 0.211. The molecule has 8 rings (SSSR count). The van der Waals surface area contributed by atoms with Gasteiger partial charge in [-0.3, -0.25) is 0 Å². The zero-order valence-corrected chi connectivity index (χ0v) is 26.5. The molecule has 2 aromatic heterocycles. The summed E-state index contributed by atoms with van der Waals surface area (Å²) in [4.78, 5) is 0. The molecule has 0 spiro atoms. The maximum atomic E-state index is 13.7. The Bertz CT molecular complexity index is 1550. The molecule has 0 atom stereocenters. The summed E-state index contributed by atoms with van der Waals surface area (Å²) in [5.41, 5.74) is 5.62. The predicted octanol–water partition coefficient (Wildman–Crippen LogP) is 9.68. The summed E-state index contributed by atoms with van der Waals surface area (Å²) in [5, 5.41) is 0. The Morgan fingerprint density at radius 1 is 0.511 bits per heavy atom. The maximum absolute atomic E-state index is 13.7. The fourth-order valence-corrected chi connectivity index (χ4v) is 5.58. The average molecular weight is 643 g/mol. The van der Waals surface area contributed by atoms with Crippen LogP contribution in [0.25, 0.3) is 11.4 Å². The third-order valence-electron chi connectivity index (χ3n) is 7.71. The van der Waals surface area contributed by atoms with Gasteiger partial charge in [-0.1, -0.05) is 0 Å². The quantitative estimate of drug-likeness (QED) is 0.101. The number of hydrogen-bond acceptors (Lipinski definition) is 0.